The van der Waals surface area contributed by atoms with Crippen molar-refractivity contribution in [1.29, 1.82) is 0 Å². The normalized spacial score (nSPS) is 14.5. The van der Waals surface area contributed by atoms with Crippen molar-refractivity contribution < 1.29 is 14.3 Å². The Morgan fingerprint density at radius 1 is 0.929 bits per heavy atom. The van der Waals surface area contributed by atoms with Crippen LogP contribution in [0.3, 0.4) is 0 Å². The number of anilines is 1. The van der Waals surface area contributed by atoms with Gasteiger partial charge in [0.2, 0.25) is 5.91 Å². The third-order valence-corrected chi connectivity index (χ3v) is 8.39. The molecule has 1 aromatic heterocycles. The van der Waals surface area contributed by atoms with Gasteiger partial charge in [0.05, 0.1) is 18.2 Å². The molecule has 218 valence electrons. The van der Waals surface area contributed by atoms with E-state index >= 15 is 0 Å². The molecule has 42 heavy (non-hydrogen) atoms. The predicted octanol–water partition coefficient (Wildman–Crippen LogP) is 8.17. The molecular formula is C35H38ClN3O3. The lowest BCUT2D eigenvalue weighted by molar-refractivity contribution is -0.123. The van der Waals surface area contributed by atoms with Gasteiger partial charge in [-0.2, -0.15) is 0 Å². The highest BCUT2D eigenvalue weighted by Crippen LogP contribution is 2.34. The number of halogens is 1. The van der Waals surface area contributed by atoms with E-state index in [1.54, 1.807) is 18.1 Å². The summed E-state index contributed by atoms with van der Waals surface area (Å²) < 4.78 is 5.39. The second-order valence-electron chi connectivity index (χ2n) is 11.5. The number of amides is 2. The third-order valence-electron chi connectivity index (χ3n) is 8.10. The smallest absolute Gasteiger partial charge is 0.262 e. The molecule has 0 spiro atoms. The molecule has 4 aromatic rings. The SMILES string of the molecule is COc1ccc(C(C(=O)NC2CCCCC2)N(C(=O)c2cc3ccc(C)cc3nc2Cl)c2ccc(C(C)C)cc2)cc1. The standard InChI is InChI=1S/C35H38ClN3O3/c1-22(2)24-12-16-28(17-13-24)39(35(41)30-21-26-11-10-23(3)20-31(26)38-33(30)36)32(25-14-18-29(42-4)19-15-25)34(40)37-27-8-6-5-7-9-27/h10-22,27,32H,5-9H2,1-4H3,(H,37,40). The molecule has 1 aliphatic rings. The van der Waals surface area contributed by atoms with Crippen LogP contribution in [0.15, 0.2) is 72.8 Å². The van der Waals surface area contributed by atoms with Crippen molar-refractivity contribution in [3.05, 3.63) is 100 Å². The lowest BCUT2D eigenvalue weighted by Crippen LogP contribution is -2.47. The first-order valence-corrected chi connectivity index (χ1v) is 15.1. The second-order valence-corrected chi connectivity index (χ2v) is 11.8. The average Bonchev–Trinajstić information content (AvgIpc) is 2.99. The molecule has 2 amide bonds. The van der Waals surface area contributed by atoms with Gasteiger partial charge in [0.1, 0.15) is 16.9 Å². The van der Waals surface area contributed by atoms with Crippen molar-refractivity contribution in [1.82, 2.24) is 10.3 Å². The number of nitrogens with zero attached hydrogens (tertiary/aromatic N) is 2. The number of carbonyl (C=O) groups excluding carboxylic acids is 2. The highest BCUT2D eigenvalue weighted by molar-refractivity contribution is 6.34. The number of fused-ring (bicyclic) bond motifs is 1. The van der Waals surface area contributed by atoms with Crippen LogP contribution in [0.2, 0.25) is 5.15 Å². The van der Waals surface area contributed by atoms with Gasteiger partial charge >= 0.3 is 0 Å². The van der Waals surface area contributed by atoms with Gasteiger partial charge in [-0.25, -0.2) is 4.98 Å². The number of carbonyl (C=O) groups is 2. The van der Waals surface area contributed by atoms with Gasteiger partial charge in [-0.05, 0) is 78.8 Å². The lowest BCUT2D eigenvalue weighted by Gasteiger charge is -2.34. The zero-order valence-corrected chi connectivity index (χ0v) is 25.4. The summed E-state index contributed by atoms with van der Waals surface area (Å²) in [6.45, 7) is 6.23. The molecule has 1 fully saturated rings. The summed E-state index contributed by atoms with van der Waals surface area (Å²) in [5.74, 6) is 0.361. The Labute approximate surface area is 253 Å². The molecule has 1 N–H and O–H groups in total. The first-order chi connectivity index (χ1) is 20.2. The molecule has 1 saturated carbocycles. The Kier molecular flexibility index (Phi) is 9.12. The Hall–Kier alpha value is -3.90. The zero-order chi connectivity index (χ0) is 29.8. The van der Waals surface area contributed by atoms with Gasteiger partial charge in [0.15, 0.2) is 0 Å². The number of benzene rings is 3. The number of hydrogen-bond acceptors (Lipinski definition) is 4. The minimum atomic E-state index is -0.944. The highest BCUT2D eigenvalue weighted by Gasteiger charge is 2.36. The van der Waals surface area contributed by atoms with Gasteiger partial charge in [0.25, 0.3) is 5.91 Å². The van der Waals surface area contributed by atoms with Crippen LogP contribution in [-0.4, -0.2) is 29.9 Å². The van der Waals surface area contributed by atoms with E-state index < -0.39 is 11.9 Å². The number of rotatable bonds is 8. The second kappa shape index (κ2) is 13.0. The molecule has 5 rings (SSSR count). The van der Waals surface area contributed by atoms with Crippen molar-refractivity contribution in [2.75, 3.05) is 12.0 Å². The van der Waals surface area contributed by atoms with Crippen LogP contribution in [0.25, 0.3) is 10.9 Å². The van der Waals surface area contributed by atoms with Crippen LogP contribution < -0.4 is 15.0 Å². The van der Waals surface area contributed by atoms with Crippen molar-refractivity contribution in [3.8, 4) is 5.75 Å². The number of ether oxygens (including phenoxy) is 1. The molecule has 0 saturated heterocycles. The molecule has 1 aliphatic carbocycles. The fourth-order valence-corrected chi connectivity index (χ4v) is 5.89. The predicted molar refractivity (Wildman–Crippen MR) is 170 cm³/mol. The van der Waals surface area contributed by atoms with E-state index in [9.17, 15) is 9.59 Å². The first kappa shape index (κ1) is 29.6. The number of hydrogen-bond donors (Lipinski definition) is 1. The summed E-state index contributed by atoms with van der Waals surface area (Å²) in [4.78, 5) is 35.0. The van der Waals surface area contributed by atoms with Gasteiger partial charge in [-0.15, -0.1) is 0 Å². The third kappa shape index (κ3) is 6.44. The summed E-state index contributed by atoms with van der Waals surface area (Å²) in [6, 6.07) is 21.9. The Morgan fingerprint density at radius 2 is 1.60 bits per heavy atom. The van der Waals surface area contributed by atoms with Crippen LogP contribution in [0.5, 0.6) is 5.75 Å². The van der Waals surface area contributed by atoms with Crippen molar-refractivity contribution in [2.24, 2.45) is 0 Å². The van der Waals surface area contributed by atoms with E-state index in [1.165, 1.54) is 6.42 Å². The van der Waals surface area contributed by atoms with Crippen LogP contribution >= 0.6 is 11.6 Å². The fourth-order valence-electron chi connectivity index (χ4n) is 5.67. The summed E-state index contributed by atoms with van der Waals surface area (Å²) in [7, 11) is 1.60. The van der Waals surface area contributed by atoms with E-state index in [2.05, 4.69) is 24.1 Å². The number of methoxy groups -OCH3 is 1. The minimum Gasteiger partial charge on any atom is -0.497 e. The molecule has 1 heterocycles. The summed E-state index contributed by atoms with van der Waals surface area (Å²) in [5, 5.41) is 4.17. The highest BCUT2D eigenvalue weighted by atomic mass is 35.5. The van der Waals surface area contributed by atoms with Gasteiger partial charge in [-0.3, -0.25) is 14.5 Å². The van der Waals surface area contributed by atoms with E-state index in [0.717, 1.165) is 42.2 Å². The van der Waals surface area contributed by atoms with Gasteiger partial charge in [0, 0.05) is 17.1 Å². The van der Waals surface area contributed by atoms with E-state index in [1.807, 2.05) is 73.7 Å². The fraction of sp³-hybridized carbons (Fsp3) is 0.343. The summed E-state index contributed by atoms with van der Waals surface area (Å²) >= 11 is 6.70. The van der Waals surface area contributed by atoms with Crippen molar-refractivity contribution >= 4 is 40.0 Å². The molecule has 3 aromatic carbocycles. The summed E-state index contributed by atoms with van der Waals surface area (Å²) in [5.41, 5.74) is 4.42. The molecule has 0 bridgehead atoms. The number of aryl methyl sites for hydroxylation is 1. The quantitative estimate of drug-likeness (QED) is 0.212. The Morgan fingerprint density at radius 3 is 2.24 bits per heavy atom. The number of nitrogens with one attached hydrogen (secondary N) is 1. The molecule has 7 heteroatoms. The Balaban J connectivity index is 1.65. The largest absolute Gasteiger partial charge is 0.497 e. The molecule has 6 nitrogen and oxygen atoms in total. The lowest BCUT2D eigenvalue weighted by atomic mass is 9.94. The molecular weight excluding hydrogens is 546 g/mol. The summed E-state index contributed by atoms with van der Waals surface area (Å²) in [6.07, 6.45) is 5.19. The van der Waals surface area contributed by atoms with Crippen LogP contribution in [0.1, 0.15) is 85.0 Å². The Bertz CT molecular complexity index is 1560. The first-order valence-electron chi connectivity index (χ1n) is 14.7. The number of aromatic nitrogens is 1. The van der Waals surface area contributed by atoms with E-state index in [4.69, 9.17) is 16.3 Å². The van der Waals surface area contributed by atoms with Gasteiger partial charge < -0.3 is 10.1 Å². The van der Waals surface area contributed by atoms with Crippen molar-refractivity contribution in [2.45, 2.75) is 70.9 Å². The maximum Gasteiger partial charge on any atom is 0.262 e. The van der Waals surface area contributed by atoms with Crippen molar-refractivity contribution in [3.63, 3.8) is 0 Å². The average molecular weight is 584 g/mol. The molecule has 1 unspecified atom stereocenters. The molecule has 1 atom stereocenters. The zero-order valence-electron chi connectivity index (χ0n) is 24.7. The monoisotopic (exact) mass is 583 g/mol. The van der Waals surface area contributed by atoms with Gasteiger partial charge in [-0.1, -0.05) is 81.1 Å². The van der Waals surface area contributed by atoms with Crippen LogP contribution in [0.4, 0.5) is 5.69 Å². The minimum absolute atomic E-state index is 0.0708. The van der Waals surface area contributed by atoms with E-state index in [-0.39, 0.29) is 22.7 Å². The molecule has 0 radical (unpaired) electrons. The van der Waals surface area contributed by atoms with Crippen LogP contribution in [0, 0.1) is 6.92 Å². The van der Waals surface area contributed by atoms with E-state index in [0.29, 0.717) is 28.4 Å². The maximum atomic E-state index is 14.6. The van der Waals surface area contributed by atoms with Crippen LogP contribution in [-0.2, 0) is 4.79 Å². The molecule has 0 aliphatic heterocycles. The maximum absolute atomic E-state index is 14.6. The topological polar surface area (TPSA) is 71.5 Å². The number of pyridine rings is 1.